The van der Waals surface area contributed by atoms with Gasteiger partial charge < -0.3 is 15.4 Å². The predicted octanol–water partition coefficient (Wildman–Crippen LogP) is 2.44. The Kier molecular flexibility index (Phi) is 11.6. The monoisotopic (exact) mass is 421 g/mol. The van der Waals surface area contributed by atoms with Gasteiger partial charge in [-0.15, -0.1) is 24.8 Å². The number of anilines is 1. The van der Waals surface area contributed by atoms with Crippen molar-refractivity contribution in [2.75, 3.05) is 56.2 Å². The fourth-order valence-electron chi connectivity index (χ4n) is 3.05. The van der Waals surface area contributed by atoms with Gasteiger partial charge in [0.15, 0.2) is 0 Å². The zero-order chi connectivity index (χ0) is 16.6. The second-order valence-corrected chi connectivity index (χ2v) is 7.53. The Bertz CT molecular complexity index is 522. The lowest BCUT2D eigenvalue weighted by atomic mass is 10.1. The number of nitrogens with zero attached hydrogens (tertiary/aromatic N) is 1. The molecule has 0 radical (unpaired) electrons. The van der Waals surface area contributed by atoms with E-state index in [2.05, 4.69) is 27.7 Å². The van der Waals surface area contributed by atoms with Crippen molar-refractivity contribution in [3.05, 3.63) is 29.8 Å². The van der Waals surface area contributed by atoms with Crippen molar-refractivity contribution in [1.82, 2.24) is 10.2 Å². The molecule has 148 valence electrons. The van der Waals surface area contributed by atoms with Crippen LogP contribution in [-0.2, 0) is 16.0 Å². The van der Waals surface area contributed by atoms with Crippen molar-refractivity contribution < 1.29 is 9.53 Å². The summed E-state index contributed by atoms with van der Waals surface area (Å²) in [6.45, 7) is 5.82. The van der Waals surface area contributed by atoms with Crippen molar-refractivity contribution >= 4 is 48.2 Å². The summed E-state index contributed by atoms with van der Waals surface area (Å²) in [5.41, 5.74) is 2.20. The second-order valence-electron chi connectivity index (χ2n) is 6.38. The molecule has 3 rings (SSSR count). The molecule has 5 nitrogen and oxygen atoms in total. The van der Waals surface area contributed by atoms with E-state index < -0.39 is 0 Å². The third kappa shape index (κ3) is 8.03. The lowest BCUT2D eigenvalue weighted by Gasteiger charge is -2.26. The number of carbonyl (C=O) groups excluding carboxylic acids is 1. The summed E-state index contributed by atoms with van der Waals surface area (Å²) < 4.78 is 5.37. The highest BCUT2D eigenvalue weighted by atomic mass is 35.5. The minimum absolute atomic E-state index is 0. The molecule has 0 aliphatic carbocycles. The first-order chi connectivity index (χ1) is 11.8. The van der Waals surface area contributed by atoms with Crippen molar-refractivity contribution in [3.63, 3.8) is 0 Å². The number of morpholine rings is 1. The van der Waals surface area contributed by atoms with Crippen LogP contribution in [0.2, 0.25) is 0 Å². The Morgan fingerprint density at radius 2 is 1.96 bits per heavy atom. The molecular formula is C18H29Cl2N3O2S. The van der Waals surface area contributed by atoms with E-state index in [1.807, 2.05) is 23.9 Å². The van der Waals surface area contributed by atoms with Gasteiger partial charge in [-0.3, -0.25) is 9.69 Å². The molecular weight excluding hydrogens is 393 g/mol. The smallest absolute Gasteiger partial charge is 0.225 e. The van der Waals surface area contributed by atoms with E-state index >= 15 is 0 Å². The predicted molar refractivity (Wildman–Crippen MR) is 114 cm³/mol. The van der Waals surface area contributed by atoms with Gasteiger partial charge in [-0.1, -0.05) is 12.1 Å². The molecule has 1 amide bonds. The van der Waals surface area contributed by atoms with Crippen LogP contribution < -0.4 is 10.6 Å². The van der Waals surface area contributed by atoms with E-state index in [1.165, 1.54) is 5.56 Å². The maximum atomic E-state index is 12.1. The zero-order valence-corrected chi connectivity index (χ0v) is 17.4. The number of ether oxygens (including phenoxy) is 1. The fourth-order valence-corrected chi connectivity index (χ4v) is 4.00. The van der Waals surface area contributed by atoms with Crippen molar-refractivity contribution in [2.24, 2.45) is 0 Å². The molecule has 2 saturated heterocycles. The number of carbonyl (C=O) groups is 1. The first kappa shape index (κ1) is 23.5. The summed E-state index contributed by atoms with van der Waals surface area (Å²) in [4.78, 5) is 14.6. The molecule has 1 atom stereocenters. The van der Waals surface area contributed by atoms with Crippen LogP contribution in [0.4, 0.5) is 5.69 Å². The summed E-state index contributed by atoms with van der Waals surface area (Å²) >= 11 is 1.92. The number of nitrogens with one attached hydrogen (secondary N) is 2. The molecule has 2 aliphatic rings. The Labute approximate surface area is 172 Å². The number of rotatable bonds is 6. The molecule has 2 aliphatic heterocycles. The molecule has 1 aromatic carbocycles. The van der Waals surface area contributed by atoms with Crippen LogP contribution in [0.5, 0.6) is 0 Å². The summed E-state index contributed by atoms with van der Waals surface area (Å²) in [6, 6.07) is 8.55. The molecule has 8 heteroatoms. The first-order valence-electron chi connectivity index (χ1n) is 8.79. The van der Waals surface area contributed by atoms with Gasteiger partial charge in [0.05, 0.1) is 13.2 Å². The van der Waals surface area contributed by atoms with E-state index in [1.54, 1.807) is 0 Å². The fraction of sp³-hybridized carbons (Fsp3) is 0.611. The van der Waals surface area contributed by atoms with Gasteiger partial charge in [0.1, 0.15) is 0 Å². The highest BCUT2D eigenvalue weighted by Crippen LogP contribution is 2.14. The number of hydrogen-bond acceptors (Lipinski definition) is 5. The zero-order valence-electron chi connectivity index (χ0n) is 14.9. The van der Waals surface area contributed by atoms with Gasteiger partial charge in [0, 0.05) is 55.8 Å². The molecule has 2 fully saturated rings. The van der Waals surface area contributed by atoms with E-state index in [0.717, 1.165) is 63.0 Å². The molecule has 2 heterocycles. The molecule has 1 unspecified atom stereocenters. The Hall–Kier alpha value is -0.500. The Morgan fingerprint density at radius 1 is 1.23 bits per heavy atom. The minimum Gasteiger partial charge on any atom is -0.379 e. The Balaban J connectivity index is 0.00000169. The average molecular weight is 422 g/mol. The van der Waals surface area contributed by atoms with Gasteiger partial charge in [-0.05, 0) is 24.1 Å². The standard InChI is InChI=1S/C18H27N3O2S.2ClH/c22-18(13-17-14-24-12-6-19-17)20-16-3-1-15(2-4-16)5-7-21-8-10-23-11-9-21;;/h1-4,17,19H,5-14H2,(H,20,22);2*1H. The molecule has 0 spiro atoms. The van der Waals surface area contributed by atoms with E-state index in [-0.39, 0.29) is 30.7 Å². The highest BCUT2D eigenvalue weighted by Gasteiger charge is 2.16. The molecule has 0 aromatic heterocycles. The lowest BCUT2D eigenvalue weighted by Crippen LogP contribution is -2.39. The van der Waals surface area contributed by atoms with Crippen LogP contribution >= 0.6 is 36.6 Å². The summed E-state index contributed by atoms with van der Waals surface area (Å²) in [5.74, 6) is 2.26. The van der Waals surface area contributed by atoms with Crippen molar-refractivity contribution in [2.45, 2.75) is 18.9 Å². The summed E-state index contributed by atoms with van der Waals surface area (Å²) in [6.07, 6.45) is 1.59. The minimum atomic E-state index is 0. The molecule has 26 heavy (non-hydrogen) atoms. The third-order valence-corrected chi connectivity index (χ3v) is 5.62. The van der Waals surface area contributed by atoms with Crippen LogP contribution in [-0.4, -0.2) is 67.7 Å². The quantitative estimate of drug-likeness (QED) is 0.738. The van der Waals surface area contributed by atoms with Crippen molar-refractivity contribution in [1.29, 1.82) is 0 Å². The number of halogens is 2. The van der Waals surface area contributed by atoms with Crippen LogP contribution in [0.1, 0.15) is 12.0 Å². The normalized spacial score (nSPS) is 20.5. The molecule has 0 saturated carbocycles. The maximum Gasteiger partial charge on any atom is 0.225 e. The largest absolute Gasteiger partial charge is 0.379 e. The van der Waals surface area contributed by atoms with Crippen LogP contribution in [0.15, 0.2) is 24.3 Å². The van der Waals surface area contributed by atoms with Gasteiger partial charge in [0.2, 0.25) is 5.91 Å². The lowest BCUT2D eigenvalue weighted by molar-refractivity contribution is -0.116. The topological polar surface area (TPSA) is 53.6 Å². The van der Waals surface area contributed by atoms with Gasteiger partial charge in [-0.25, -0.2) is 0 Å². The van der Waals surface area contributed by atoms with Crippen LogP contribution in [0, 0.1) is 0 Å². The number of thioether (sulfide) groups is 1. The van der Waals surface area contributed by atoms with E-state index in [4.69, 9.17) is 4.74 Å². The average Bonchev–Trinajstić information content (AvgIpc) is 2.63. The van der Waals surface area contributed by atoms with Gasteiger partial charge >= 0.3 is 0 Å². The Morgan fingerprint density at radius 3 is 2.62 bits per heavy atom. The van der Waals surface area contributed by atoms with E-state index in [9.17, 15) is 4.79 Å². The third-order valence-electron chi connectivity index (χ3n) is 4.49. The van der Waals surface area contributed by atoms with Crippen LogP contribution in [0.3, 0.4) is 0 Å². The second kappa shape index (κ2) is 12.8. The van der Waals surface area contributed by atoms with Crippen molar-refractivity contribution in [3.8, 4) is 0 Å². The number of hydrogen-bond donors (Lipinski definition) is 2. The molecule has 0 bridgehead atoms. The molecule has 2 N–H and O–H groups in total. The maximum absolute atomic E-state index is 12.1. The summed E-state index contributed by atoms with van der Waals surface area (Å²) in [5, 5.41) is 6.40. The highest BCUT2D eigenvalue weighted by molar-refractivity contribution is 7.99. The molecule has 1 aromatic rings. The van der Waals surface area contributed by atoms with Gasteiger partial charge in [0.25, 0.3) is 0 Å². The van der Waals surface area contributed by atoms with Gasteiger partial charge in [-0.2, -0.15) is 11.8 Å². The summed E-state index contributed by atoms with van der Waals surface area (Å²) in [7, 11) is 0. The van der Waals surface area contributed by atoms with Crippen LogP contribution in [0.25, 0.3) is 0 Å². The SMILES string of the molecule is Cl.Cl.O=C(CC1CSCCN1)Nc1ccc(CCN2CCOCC2)cc1. The first-order valence-corrected chi connectivity index (χ1v) is 9.95. The number of amides is 1. The van der Waals surface area contributed by atoms with E-state index in [0.29, 0.717) is 12.5 Å². The number of benzene rings is 1.